The Labute approximate surface area is 335 Å². The van der Waals surface area contributed by atoms with Gasteiger partial charge in [0.05, 0.1) is 26.2 Å². The first-order valence-corrected chi connectivity index (χ1v) is 20.4. The molecule has 4 heterocycles. The van der Waals surface area contributed by atoms with E-state index in [4.69, 9.17) is 0 Å². The van der Waals surface area contributed by atoms with Gasteiger partial charge in [-0.15, -0.1) is 0 Å². The van der Waals surface area contributed by atoms with Gasteiger partial charge in [0.1, 0.15) is 5.84 Å². The van der Waals surface area contributed by atoms with Gasteiger partial charge in [-0.2, -0.15) is 0 Å². The van der Waals surface area contributed by atoms with Crippen LogP contribution in [0, 0.1) is 32.5 Å². The number of aliphatic imine (C=N–C) groups is 4. The lowest BCUT2D eigenvalue weighted by molar-refractivity contribution is 0.471. The molecule has 0 radical (unpaired) electrons. The standard InChI is InChI=1S/2C12H22N2.2C12H21N/c1-11(2,3)10-7-9(8-13-10)14-12(4,5)6;1-11(2,3)9-7-10(13-8-9)14-12(4,5)6;2*1-11(2,3)9-7-10(13-8-9)12(4,5)6/h7,14H,8H2,1-6H3;7H,8H2,1-6H3,(H,13,14);2*7H,8H2,1-6H3. The smallest absolute Gasteiger partial charge is 0.121 e. The molecule has 0 unspecified atom stereocenters. The normalized spacial score (nSPS) is 18.2. The van der Waals surface area contributed by atoms with Crippen molar-refractivity contribution >= 4 is 23.0 Å². The van der Waals surface area contributed by atoms with Crippen LogP contribution in [0.5, 0.6) is 0 Å². The zero-order chi connectivity index (χ0) is 42.5. The first-order chi connectivity index (χ1) is 23.8. The monoisotopic (exact) mass is 747 g/mol. The van der Waals surface area contributed by atoms with Crippen molar-refractivity contribution < 1.29 is 0 Å². The minimum atomic E-state index is 0.0999. The van der Waals surface area contributed by atoms with Crippen LogP contribution in [0.3, 0.4) is 0 Å². The van der Waals surface area contributed by atoms with E-state index in [1.54, 1.807) is 0 Å². The van der Waals surface area contributed by atoms with Crippen LogP contribution in [0.4, 0.5) is 0 Å². The fourth-order valence-corrected chi connectivity index (χ4v) is 5.45. The predicted octanol–water partition coefficient (Wildman–Crippen LogP) is 12.4. The highest BCUT2D eigenvalue weighted by molar-refractivity contribution is 6.02. The molecule has 2 N–H and O–H groups in total. The van der Waals surface area contributed by atoms with Gasteiger partial charge in [-0.1, -0.05) is 125 Å². The van der Waals surface area contributed by atoms with Gasteiger partial charge in [0.25, 0.3) is 0 Å². The largest absolute Gasteiger partial charge is 0.382 e. The van der Waals surface area contributed by atoms with Gasteiger partial charge in [0.2, 0.25) is 0 Å². The molecule has 6 heteroatoms. The Kier molecular flexibility index (Phi) is 16.0. The molecule has 0 spiro atoms. The molecule has 4 aliphatic rings. The number of hydrogen-bond acceptors (Lipinski definition) is 6. The third-order valence-corrected chi connectivity index (χ3v) is 9.16. The summed E-state index contributed by atoms with van der Waals surface area (Å²) in [6, 6.07) is 0. The van der Waals surface area contributed by atoms with E-state index in [1.165, 1.54) is 39.6 Å². The Morgan fingerprint density at radius 2 is 0.630 bits per heavy atom. The van der Waals surface area contributed by atoms with E-state index in [0.29, 0.717) is 0 Å². The number of nitrogens with zero attached hydrogens (tertiary/aromatic N) is 4. The SMILES string of the molecule is CC(C)(C)C1=CC(C(C)(C)C)=NC1.CC(C)(C)C1=CC(C(C)(C)C)=NC1.CC(C)(C)NC1=CC(C(C)(C)C)=NC1.CC(C)(C)NC1=NCC(C(C)(C)C)=C1. The van der Waals surface area contributed by atoms with Crippen LogP contribution >= 0.6 is 0 Å². The van der Waals surface area contributed by atoms with E-state index in [9.17, 15) is 0 Å². The van der Waals surface area contributed by atoms with Crippen LogP contribution in [-0.2, 0) is 0 Å². The Hall–Kier alpha value is -2.76. The average Bonchev–Trinajstić information content (AvgIpc) is 3.72. The Morgan fingerprint density at radius 1 is 0.333 bits per heavy atom. The summed E-state index contributed by atoms with van der Waals surface area (Å²) >= 11 is 0. The molecule has 308 valence electrons. The first-order valence-electron chi connectivity index (χ1n) is 20.4. The molecule has 4 aliphatic heterocycles. The van der Waals surface area contributed by atoms with Crippen LogP contribution < -0.4 is 10.6 Å². The van der Waals surface area contributed by atoms with Gasteiger partial charge in [-0.3, -0.25) is 20.0 Å². The van der Waals surface area contributed by atoms with Crippen molar-refractivity contribution in [2.75, 3.05) is 26.2 Å². The third kappa shape index (κ3) is 18.2. The molecule has 0 aromatic carbocycles. The highest BCUT2D eigenvalue weighted by atomic mass is 15.0. The lowest BCUT2D eigenvalue weighted by Gasteiger charge is -2.22. The van der Waals surface area contributed by atoms with Gasteiger partial charge in [0.15, 0.2) is 0 Å². The van der Waals surface area contributed by atoms with E-state index in [2.05, 4.69) is 221 Å². The minimum Gasteiger partial charge on any atom is -0.382 e. The van der Waals surface area contributed by atoms with Crippen molar-refractivity contribution in [1.29, 1.82) is 0 Å². The van der Waals surface area contributed by atoms with Crippen molar-refractivity contribution in [2.45, 2.75) is 177 Å². The van der Waals surface area contributed by atoms with E-state index in [-0.39, 0.29) is 43.6 Å². The summed E-state index contributed by atoms with van der Waals surface area (Å²) in [6.45, 7) is 56.5. The van der Waals surface area contributed by atoms with Gasteiger partial charge < -0.3 is 10.6 Å². The summed E-state index contributed by atoms with van der Waals surface area (Å²) in [5, 5.41) is 6.86. The van der Waals surface area contributed by atoms with E-state index < -0.39 is 0 Å². The summed E-state index contributed by atoms with van der Waals surface area (Å²) in [5.74, 6) is 1.03. The molecule has 0 aliphatic carbocycles. The zero-order valence-electron chi connectivity index (χ0n) is 39.9. The molecule has 0 amide bonds. The third-order valence-electron chi connectivity index (χ3n) is 9.16. The summed E-state index contributed by atoms with van der Waals surface area (Å²) in [7, 11) is 0. The second-order valence-corrected chi connectivity index (χ2v) is 23.7. The molecule has 0 bridgehead atoms. The van der Waals surface area contributed by atoms with Gasteiger partial charge in [0, 0.05) is 50.2 Å². The lowest BCUT2D eigenvalue weighted by Crippen LogP contribution is -2.39. The summed E-state index contributed by atoms with van der Waals surface area (Å²) in [4.78, 5) is 18.2. The summed E-state index contributed by atoms with van der Waals surface area (Å²) in [5.41, 5.74) is 10.8. The highest BCUT2D eigenvalue weighted by Gasteiger charge is 2.28. The first kappa shape index (κ1) is 49.3. The van der Waals surface area contributed by atoms with Crippen molar-refractivity contribution in [1.82, 2.24) is 10.6 Å². The summed E-state index contributed by atoms with van der Waals surface area (Å²) < 4.78 is 0. The highest BCUT2D eigenvalue weighted by Crippen LogP contribution is 2.33. The van der Waals surface area contributed by atoms with Crippen LogP contribution in [-0.4, -0.2) is 60.2 Å². The van der Waals surface area contributed by atoms with E-state index in [0.717, 1.165) is 32.0 Å². The minimum absolute atomic E-state index is 0.0999. The molecule has 0 atom stereocenters. The average molecular weight is 747 g/mol. The predicted molar refractivity (Wildman–Crippen MR) is 244 cm³/mol. The van der Waals surface area contributed by atoms with Gasteiger partial charge in [-0.05, 0) is 98.8 Å². The van der Waals surface area contributed by atoms with Crippen molar-refractivity contribution in [2.24, 2.45) is 52.5 Å². The van der Waals surface area contributed by atoms with Gasteiger partial charge in [-0.25, -0.2) is 0 Å². The molecular formula is C48H86N6. The molecule has 0 aromatic rings. The molecule has 6 nitrogen and oxygen atoms in total. The Morgan fingerprint density at radius 3 is 0.870 bits per heavy atom. The fourth-order valence-electron chi connectivity index (χ4n) is 5.45. The van der Waals surface area contributed by atoms with Crippen molar-refractivity contribution in [3.8, 4) is 0 Å². The quantitative estimate of drug-likeness (QED) is 0.280. The number of nitrogens with one attached hydrogen (secondary N) is 2. The topological polar surface area (TPSA) is 73.5 Å². The zero-order valence-corrected chi connectivity index (χ0v) is 39.9. The Bertz CT molecular complexity index is 1470. The number of allylic oxidation sites excluding steroid dienone is 3. The maximum Gasteiger partial charge on any atom is 0.121 e. The van der Waals surface area contributed by atoms with Crippen molar-refractivity contribution in [3.05, 3.63) is 46.7 Å². The fraction of sp³-hybridized carbons (Fsp3) is 0.750. The van der Waals surface area contributed by atoms with Crippen molar-refractivity contribution in [3.63, 3.8) is 0 Å². The molecule has 0 saturated carbocycles. The Balaban J connectivity index is 0.000000360. The second kappa shape index (κ2) is 17.6. The van der Waals surface area contributed by atoms with Crippen LogP contribution in [0.25, 0.3) is 0 Å². The van der Waals surface area contributed by atoms with Gasteiger partial charge >= 0.3 is 0 Å². The number of amidine groups is 1. The lowest BCUT2D eigenvalue weighted by atomic mass is 9.84. The molecule has 0 aromatic heterocycles. The maximum atomic E-state index is 4.58. The summed E-state index contributed by atoms with van der Waals surface area (Å²) in [6.07, 6.45) is 8.93. The molecule has 0 saturated heterocycles. The van der Waals surface area contributed by atoms with Crippen LogP contribution in [0.15, 0.2) is 66.7 Å². The van der Waals surface area contributed by atoms with E-state index >= 15 is 0 Å². The number of hydrogen-bond donors (Lipinski definition) is 2. The van der Waals surface area contributed by atoms with E-state index in [1.807, 2.05) is 0 Å². The molecule has 54 heavy (non-hydrogen) atoms. The molecular weight excluding hydrogens is 661 g/mol. The maximum absolute atomic E-state index is 4.58. The number of rotatable bonds is 1. The van der Waals surface area contributed by atoms with Crippen LogP contribution in [0.1, 0.15) is 166 Å². The molecule has 4 rings (SSSR count). The molecule has 0 fully saturated rings. The second-order valence-electron chi connectivity index (χ2n) is 23.7. The van der Waals surface area contributed by atoms with Crippen LogP contribution in [0.2, 0.25) is 0 Å².